The number of aromatic nitrogens is 3. The zero-order valence-electron chi connectivity index (χ0n) is 9.57. The summed E-state index contributed by atoms with van der Waals surface area (Å²) < 4.78 is 7.75. The highest BCUT2D eigenvalue weighted by molar-refractivity contribution is 6.35. The zero-order chi connectivity index (χ0) is 12.5. The van der Waals surface area contributed by atoms with E-state index in [-0.39, 0.29) is 0 Å². The fourth-order valence-corrected chi connectivity index (χ4v) is 2.52. The molecule has 0 unspecified atom stereocenters. The summed E-state index contributed by atoms with van der Waals surface area (Å²) in [5, 5.41) is 9.34. The van der Waals surface area contributed by atoms with Gasteiger partial charge >= 0.3 is 0 Å². The highest BCUT2D eigenvalue weighted by Crippen LogP contribution is 2.28. The second-order valence-electron chi connectivity index (χ2n) is 4.15. The molecule has 0 saturated carbocycles. The minimum Gasteiger partial charge on any atom is -0.484 e. The molecule has 3 rings (SSSR count). The first-order chi connectivity index (χ1) is 8.74. The van der Waals surface area contributed by atoms with Crippen molar-refractivity contribution in [2.24, 2.45) is 0 Å². The molecule has 18 heavy (non-hydrogen) atoms. The molecule has 4 nitrogen and oxygen atoms in total. The van der Waals surface area contributed by atoms with Crippen LogP contribution in [0.3, 0.4) is 0 Å². The molecule has 0 amide bonds. The number of hydrogen-bond donors (Lipinski definition) is 0. The van der Waals surface area contributed by atoms with Gasteiger partial charge in [0.05, 0.1) is 5.02 Å². The molecule has 0 spiro atoms. The summed E-state index contributed by atoms with van der Waals surface area (Å²) in [6.07, 6.45) is 2.12. The van der Waals surface area contributed by atoms with Gasteiger partial charge in [-0.3, -0.25) is 0 Å². The molecule has 1 aromatic carbocycles. The van der Waals surface area contributed by atoms with E-state index in [1.807, 2.05) is 0 Å². The van der Waals surface area contributed by atoms with Crippen molar-refractivity contribution in [2.75, 3.05) is 0 Å². The Morgan fingerprint density at radius 2 is 2.17 bits per heavy atom. The van der Waals surface area contributed by atoms with E-state index >= 15 is 0 Å². The Morgan fingerprint density at radius 3 is 3.00 bits per heavy atom. The van der Waals surface area contributed by atoms with E-state index in [0.29, 0.717) is 22.4 Å². The van der Waals surface area contributed by atoms with Crippen LogP contribution in [0.4, 0.5) is 0 Å². The molecule has 0 radical (unpaired) electrons. The molecule has 0 N–H and O–H groups in total. The lowest BCUT2D eigenvalue weighted by molar-refractivity contribution is 0.289. The van der Waals surface area contributed by atoms with E-state index in [2.05, 4.69) is 14.8 Å². The first-order valence-corrected chi connectivity index (χ1v) is 6.48. The highest BCUT2D eigenvalue weighted by Gasteiger charge is 2.17. The van der Waals surface area contributed by atoms with Crippen molar-refractivity contribution in [2.45, 2.75) is 26.0 Å². The van der Waals surface area contributed by atoms with Gasteiger partial charge < -0.3 is 9.30 Å². The molecule has 0 atom stereocenters. The molecule has 94 valence electrons. The van der Waals surface area contributed by atoms with Gasteiger partial charge in [-0.15, -0.1) is 10.2 Å². The minimum absolute atomic E-state index is 0.369. The van der Waals surface area contributed by atoms with Crippen molar-refractivity contribution in [3.8, 4) is 5.75 Å². The van der Waals surface area contributed by atoms with Crippen LogP contribution in [0, 0.1) is 0 Å². The fraction of sp³-hybridized carbons (Fsp3) is 0.333. The first kappa shape index (κ1) is 11.8. The fourth-order valence-electron chi connectivity index (χ4n) is 2.05. The van der Waals surface area contributed by atoms with Crippen LogP contribution in [0.2, 0.25) is 10.0 Å². The molecule has 2 heterocycles. The van der Waals surface area contributed by atoms with Gasteiger partial charge in [-0.25, -0.2) is 0 Å². The molecule has 1 aliphatic heterocycles. The van der Waals surface area contributed by atoms with Gasteiger partial charge in [0.25, 0.3) is 0 Å². The Labute approximate surface area is 114 Å². The first-order valence-electron chi connectivity index (χ1n) is 5.73. The summed E-state index contributed by atoms with van der Waals surface area (Å²) in [6, 6.07) is 5.16. The number of ether oxygens (including phenoxy) is 1. The Morgan fingerprint density at radius 1 is 1.28 bits per heavy atom. The predicted molar refractivity (Wildman–Crippen MR) is 69.1 cm³/mol. The molecular formula is C12H11Cl2N3O. The van der Waals surface area contributed by atoms with Gasteiger partial charge in [0.2, 0.25) is 0 Å². The molecule has 2 aromatic rings. The quantitative estimate of drug-likeness (QED) is 0.869. The van der Waals surface area contributed by atoms with E-state index in [1.54, 1.807) is 18.2 Å². The van der Waals surface area contributed by atoms with Gasteiger partial charge in [0.1, 0.15) is 18.2 Å². The van der Waals surface area contributed by atoms with Gasteiger partial charge in [-0.1, -0.05) is 23.2 Å². The average Bonchev–Trinajstić information content (AvgIpc) is 2.91. The van der Waals surface area contributed by atoms with Crippen molar-refractivity contribution < 1.29 is 4.74 Å². The number of aryl methyl sites for hydroxylation is 1. The van der Waals surface area contributed by atoms with Gasteiger partial charge in [0, 0.05) is 18.0 Å². The Hall–Kier alpha value is -1.26. The third-order valence-corrected chi connectivity index (χ3v) is 3.47. The summed E-state index contributed by atoms with van der Waals surface area (Å²) in [4.78, 5) is 0. The van der Waals surface area contributed by atoms with E-state index in [1.165, 1.54) is 0 Å². The Bertz CT molecular complexity index is 583. The van der Waals surface area contributed by atoms with E-state index in [0.717, 1.165) is 31.0 Å². The van der Waals surface area contributed by atoms with Crippen LogP contribution in [-0.4, -0.2) is 14.8 Å². The number of nitrogens with zero attached hydrogens (tertiary/aromatic N) is 3. The summed E-state index contributed by atoms with van der Waals surface area (Å²) in [7, 11) is 0. The Kier molecular flexibility index (Phi) is 3.14. The number of fused-ring (bicyclic) bond motifs is 1. The second-order valence-corrected chi connectivity index (χ2v) is 4.99. The maximum atomic E-state index is 6.03. The van der Waals surface area contributed by atoms with Crippen LogP contribution in [-0.2, 0) is 19.6 Å². The van der Waals surface area contributed by atoms with Crippen molar-refractivity contribution >= 4 is 23.2 Å². The SMILES string of the molecule is Clc1ccc(OCc2nnc3n2CCC3)c(Cl)c1. The second kappa shape index (κ2) is 4.78. The molecule has 0 saturated heterocycles. The summed E-state index contributed by atoms with van der Waals surface area (Å²) in [5.74, 6) is 2.49. The third-order valence-electron chi connectivity index (χ3n) is 2.94. The normalized spacial score (nSPS) is 13.7. The van der Waals surface area contributed by atoms with Crippen molar-refractivity contribution in [1.29, 1.82) is 0 Å². The van der Waals surface area contributed by atoms with Gasteiger partial charge in [-0.05, 0) is 24.6 Å². The smallest absolute Gasteiger partial charge is 0.171 e. The maximum absolute atomic E-state index is 6.03. The van der Waals surface area contributed by atoms with Gasteiger partial charge in [0.15, 0.2) is 5.82 Å². The van der Waals surface area contributed by atoms with E-state index in [4.69, 9.17) is 27.9 Å². The van der Waals surface area contributed by atoms with E-state index < -0.39 is 0 Å². The Balaban J connectivity index is 1.74. The van der Waals surface area contributed by atoms with Crippen LogP contribution in [0.15, 0.2) is 18.2 Å². The average molecular weight is 284 g/mol. The lowest BCUT2D eigenvalue weighted by Crippen LogP contribution is -2.05. The van der Waals surface area contributed by atoms with Crippen molar-refractivity contribution in [1.82, 2.24) is 14.8 Å². The van der Waals surface area contributed by atoms with Crippen LogP contribution >= 0.6 is 23.2 Å². The number of rotatable bonds is 3. The maximum Gasteiger partial charge on any atom is 0.171 e. The molecule has 6 heteroatoms. The lowest BCUT2D eigenvalue weighted by Gasteiger charge is -2.08. The summed E-state index contributed by atoms with van der Waals surface area (Å²) in [6.45, 7) is 1.34. The standard InChI is InChI=1S/C12H11Cl2N3O/c13-8-3-4-10(9(14)6-8)18-7-12-16-15-11-2-1-5-17(11)12/h3-4,6H,1-2,5,7H2. The molecule has 1 aromatic heterocycles. The monoisotopic (exact) mass is 283 g/mol. The molecular weight excluding hydrogens is 273 g/mol. The highest BCUT2D eigenvalue weighted by atomic mass is 35.5. The third kappa shape index (κ3) is 2.18. The molecule has 0 fully saturated rings. The predicted octanol–water partition coefficient (Wildman–Crippen LogP) is 3.11. The molecule has 0 aliphatic carbocycles. The van der Waals surface area contributed by atoms with Crippen LogP contribution in [0.5, 0.6) is 5.75 Å². The number of halogens is 2. The topological polar surface area (TPSA) is 39.9 Å². The number of hydrogen-bond acceptors (Lipinski definition) is 3. The van der Waals surface area contributed by atoms with E-state index in [9.17, 15) is 0 Å². The zero-order valence-corrected chi connectivity index (χ0v) is 11.1. The van der Waals surface area contributed by atoms with Crippen molar-refractivity contribution in [3.05, 3.63) is 39.9 Å². The van der Waals surface area contributed by atoms with Crippen molar-refractivity contribution in [3.63, 3.8) is 0 Å². The minimum atomic E-state index is 0.369. The largest absolute Gasteiger partial charge is 0.484 e. The number of benzene rings is 1. The lowest BCUT2D eigenvalue weighted by atomic mass is 10.3. The van der Waals surface area contributed by atoms with Crippen LogP contribution in [0.1, 0.15) is 18.1 Å². The molecule has 0 bridgehead atoms. The van der Waals surface area contributed by atoms with Crippen LogP contribution in [0.25, 0.3) is 0 Å². The summed E-state index contributed by atoms with van der Waals surface area (Å²) in [5.41, 5.74) is 0. The molecule has 1 aliphatic rings. The van der Waals surface area contributed by atoms with Crippen LogP contribution < -0.4 is 4.74 Å². The van der Waals surface area contributed by atoms with Gasteiger partial charge in [-0.2, -0.15) is 0 Å². The summed E-state index contributed by atoms with van der Waals surface area (Å²) >= 11 is 11.9.